The normalized spacial score (nSPS) is 12.8. The molecule has 0 aromatic heterocycles. The SMILES string of the molecule is CCC(c1ccccc1O)(C(C)(C)c1ccccc1)C(C)(C)c1ccccc1. The van der Waals surface area contributed by atoms with E-state index in [0.29, 0.717) is 5.75 Å². The van der Waals surface area contributed by atoms with E-state index < -0.39 is 0 Å². The molecule has 0 aliphatic carbocycles. The van der Waals surface area contributed by atoms with Crippen molar-refractivity contribution in [1.82, 2.24) is 0 Å². The molecule has 146 valence electrons. The Hall–Kier alpha value is -2.54. The Balaban J connectivity index is 2.39. The van der Waals surface area contributed by atoms with E-state index in [4.69, 9.17) is 0 Å². The van der Waals surface area contributed by atoms with E-state index in [-0.39, 0.29) is 16.2 Å². The molecule has 0 spiro atoms. The van der Waals surface area contributed by atoms with Gasteiger partial charge in [0.05, 0.1) is 0 Å². The van der Waals surface area contributed by atoms with Crippen molar-refractivity contribution in [3.63, 3.8) is 0 Å². The van der Waals surface area contributed by atoms with Gasteiger partial charge in [0.15, 0.2) is 0 Å². The predicted octanol–water partition coefficient (Wildman–Crippen LogP) is 7.00. The van der Waals surface area contributed by atoms with Crippen LogP contribution in [0.25, 0.3) is 0 Å². The molecule has 1 N–H and O–H groups in total. The van der Waals surface area contributed by atoms with Gasteiger partial charge in [0.1, 0.15) is 5.75 Å². The Kier molecular flexibility index (Phi) is 5.39. The number of hydrogen-bond acceptors (Lipinski definition) is 1. The molecule has 1 heteroatoms. The van der Waals surface area contributed by atoms with Crippen molar-refractivity contribution in [2.24, 2.45) is 0 Å². The van der Waals surface area contributed by atoms with E-state index in [2.05, 4.69) is 101 Å². The number of para-hydroxylation sites is 1. The van der Waals surface area contributed by atoms with E-state index in [1.807, 2.05) is 18.2 Å². The molecule has 0 aliphatic heterocycles. The van der Waals surface area contributed by atoms with Crippen molar-refractivity contribution in [2.75, 3.05) is 0 Å². The number of benzene rings is 3. The molecule has 3 aromatic carbocycles. The van der Waals surface area contributed by atoms with Crippen LogP contribution in [0.4, 0.5) is 0 Å². The highest BCUT2D eigenvalue weighted by Crippen LogP contribution is 2.59. The van der Waals surface area contributed by atoms with Gasteiger partial charge in [-0.25, -0.2) is 0 Å². The quantitative estimate of drug-likeness (QED) is 0.494. The predicted molar refractivity (Wildman–Crippen MR) is 119 cm³/mol. The molecule has 0 bridgehead atoms. The maximum Gasteiger partial charge on any atom is 0.119 e. The Labute approximate surface area is 170 Å². The van der Waals surface area contributed by atoms with Crippen LogP contribution in [0, 0.1) is 0 Å². The first-order valence-electron chi connectivity index (χ1n) is 10.2. The molecule has 0 amide bonds. The average molecular weight is 373 g/mol. The molecule has 28 heavy (non-hydrogen) atoms. The van der Waals surface area contributed by atoms with E-state index in [9.17, 15) is 5.11 Å². The summed E-state index contributed by atoms with van der Waals surface area (Å²) < 4.78 is 0. The van der Waals surface area contributed by atoms with Gasteiger partial charge in [0.25, 0.3) is 0 Å². The number of phenolic OH excluding ortho intramolecular Hbond substituents is 1. The number of aromatic hydroxyl groups is 1. The largest absolute Gasteiger partial charge is 0.508 e. The van der Waals surface area contributed by atoms with Crippen LogP contribution in [0.1, 0.15) is 57.7 Å². The minimum atomic E-state index is -0.325. The van der Waals surface area contributed by atoms with Crippen LogP contribution in [-0.4, -0.2) is 5.11 Å². The minimum Gasteiger partial charge on any atom is -0.508 e. The minimum absolute atomic E-state index is 0.221. The smallest absolute Gasteiger partial charge is 0.119 e. The summed E-state index contributed by atoms with van der Waals surface area (Å²) in [5.74, 6) is 0.373. The molecule has 0 radical (unpaired) electrons. The summed E-state index contributed by atoms with van der Waals surface area (Å²) in [4.78, 5) is 0. The first-order valence-corrected chi connectivity index (χ1v) is 10.2. The molecule has 0 fully saturated rings. The van der Waals surface area contributed by atoms with Crippen LogP contribution in [0.2, 0.25) is 0 Å². The second kappa shape index (κ2) is 7.47. The lowest BCUT2D eigenvalue weighted by atomic mass is 9.45. The van der Waals surface area contributed by atoms with Gasteiger partial charge in [-0.1, -0.05) is 113 Å². The third-order valence-corrected chi connectivity index (χ3v) is 7.02. The first kappa shape index (κ1) is 20.2. The van der Waals surface area contributed by atoms with Crippen molar-refractivity contribution in [2.45, 2.75) is 57.3 Å². The molecule has 3 aromatic rings. The Bertz CT molecular complexity index is 856. The molecule has 0 aliphatic rings. The van der Waals surface area contributed by atoms with Crippen LogP contribution in [-0.2, 0) is 16.2 Å². The maximum atomic E-state index is 11.0. The van der Waals surface area contributed by atoms with Gasteiger partial charge in [0, 0.05) is 21.8 Å². The Morgan fingerprint density at radius 1 is 0.607 bits per heavy atom. The summed E-state index contributed by atoms with van der Waals surface area (Å²) in [7, 11) is 0. The van der Waals surface area contributed by atoms with E-state index in [1.54, 1.807) is 0 Å². The van der Waals surface area contributed by atoms with Gasteiger partial charge in [-0.2, -0.15) is 0 Å². The molecule has 0 heterocycles. The first-order chi connectivity index (χ1) is 13.3. The van der Waals surface area contributed by atoms with Crippen LogP contribution < -0.4 is 0 Å². The molecular weight excluding hydrogens is 340 g/mol. The average Bonchev–Trinajstić information content (AvgIpc) is 2.71. The Morgan fingerprint density at radius 3 is 1.39 bits per heavy atom. The van der Waals surface area contributed by atoms with Crippen LogP contribution >= 0.6 is 0 Å². The summed E-state index contributed by atoms with van der Waals surface area (Å²) in [6.07, 6.45) is 0.897. The molecule has 0 atom stereocenters. The van der Waals surface area contributed by atoms with Gasteiger partial charge in [0.2, 0.25) is 0 Å². The fourth-order valence-electron chi connectivity index (χ4n) is 5.57. The van der Waals surface area contributed by atoms with Gasteiger partial charge in [-0.05, 0) is 23.6 Å². The fraction of sp³-hybridized carbons (Fsp3) is 0.333. The van der Waals surface area contributed by atoms with Gasteiger partial charge in [-0.3, -0.25) is 0 Å². The van der Waals surface area contributed by atoms with Gasteiger partial charge < -0.3 is 5.11 Å². The lowest BCUT2D eigenvalue weighted by molar-refractivity contribution is 0.130. The molecular formula is C27H32O. The third-order valence-electron chi connectivity index (χ3n) is 7.02. The standard InChI is InChI=1S/C27H32O/c1-6-27(23-19-13-14-20-24(23)28,25(2,3)21-15-9-7-10-16-21)26(4,5)22-17-11-8-12-18-22/h7-20,28H,6H2,1-5H3. The van der Waals surface area contributed by atoms with E-state index in [1.165, 1.54) is 11.1 Å². The van der Waals surface area contributed by atoms with Crippen molar-refractivity contribution in [1.29, 1.82) is 0 Å². The van der Waals surface area contributed by atoms with Crippen LogP contribution in [0.5, 0.6) is 5.75 Å². The van der Waals surface area contributed by atoms with E-state index in [0.717, 1.165) is 12.0 Å². The van der Waals surface area contributed by atoms with Gasteiger partial charge >= 0.3 is 0 Å². The lowest BCUT2D eigenvalue weighted by Crippen LogP contribution is -2.57. The maximum absolute atomic E-state index is 11.0. The summed E-state index contributed by atoms with van der Waals surface area (Å²) >= 11 is 0. The zero-order valence-corrected chi connectivity index (χ0v) is 17.7. The molecule has 0 unspecified atom stereocenters. The highest BCUT2D eigenvalue weighted by Gasteiger charge is 2.56. The molecule has 3 rings (SSSR count). The third kappa shape index (κ3) is 2.94. The molecule has 1 nitrogen and oxygen atoms in total. The second-order valence-corrected chi connectivity index (χ2v) is 8.76. The summed E-state index contributed by atoms with van der Waals surface area (Å²) in [5, 5.41) is 11.0. The van der Waals surface area contributed by atoms with Crippen molar-refractivity contribution < 1.29 is 5.11 Å². The zero-order valence-electron chi connectivity index (χ0n) is 17.7. The summed E-state index contributed by atoms with van der Waals surface area (Å²) in [5.41, 5.74) is 2.81. The van der Waals surface area contributed by atoms with Crippen molar-refractivity contribution in [3.8, 4) is 5.75 Å². The van der Waals surface area contributed by atoms with Crippen molar-refractivity contribution >= 4 is 0 Å². The number of rotatable bonds is 6. The monoisotopic (exact) mass is 372 g/mol. The van der Waals surface area contributed by atoms with Gasteiger partial charge in [-0.15, -0.1) is 0 Å². The number of hydrogen-bond donors (Lipinski definition) is 1. The van der Waals surface area contributed by atoms with E-state index >= 15 is 0 Å². The topological polar surface area (TPSA) is 20.2 Å². The number of phenols is 1. The fourth-order valence-corrected chi connectivity index (χ4v) is 5.57. The molecule has 0 saturated heterocycles. The Morgan fingerprint density at radius 2 is 1.00 bits per heavy atom. The zero-order chi connectivity index (χ0) is 20.4. The highest BCUT2D eigenvalue weighted by molar-refractivity contribution is 5.50. The summed E-state index contributed by atoms with van der Waals surface area (Å²) in [6.45, 7) is 11.5. The van der Waals surface area contributed by atoms with Crippen LogP contribution in [0.15, 0.2) is 84.9 Å². The summed E-state index contributed by atoms with van der Waals surface area (Å²) in [6, 6.07) is 29.3. The second-order valence-electron chi connectivity index (χ2n) is 8.76. The highest BCUT2D eigenvalue weighted by atomic mass is 16.3. The van der Waals surface area contributed by atoms with Crippen molar-refractivity contribution in [3.05, 3.63) is 102 Å². The molecule has 0 saturated carbocycles. The van der Waals surface area contributed by atoms with Crippen LogP contribution in [0.3, 0.4) is 0 Å². The lowest BCUT2D eigenvalue weighted by Gasteiger charge is -2.57.